The van der Waals surface area contributed by atoms with E-state index in [-0.39, 0.29) is 23.1 Å². The summed E-state index contributed by atoms with van der Waals surface area (Å²) in [5.74, 6) is 0.423. The van der Waals surface area contributed by atoms with E-state index in [1.165, 1.54) is 18.2 Å². The molecule has 2 aromatic carbocycles. The van der Waals surface area contributed by atoms with Crippen LogP contribution < -0.4 is 19.1 Å². The van der Waals surface area contributed by atoms with Crippen molar-refractivity contribution >= 4 is 33.8 Å². The van der Waals surface area contributed by atoms with E-state index in [0.717, 1.165) is 44.4 Å². The van der Waals surface area contributed by atoms with Crippen molar-refractivity contribution in [2.24, 2.45) is 0 Å². The van der Waals surface area contributed by atoms with E-state index in [1.54, 1.807) is 25.3 Å². The predicted octanol–water partition coefficient (Wildman–Crippen LogP) is 3.66. The fourth-order valence-corrected chi connectivity index (χ4v) is 4.40. The van der Waals surface area contributed by atoms with Gasteiger partial charge in [-0.15, -0.1) is 12.4 Å². The van der Waals surface area contributed by atoms with E-state index in [0.29, 0.717) is 11.4 Å². The van der Waals surface area contributed by atoms with Crippen LogP contribution in [0.1, 0.15) is 6.42 Å². The maximum absolute atomic E-state index is 12.8. The molecule has 1 aliphatic heterocycles. The van der Waals surface area contributed by atoms with Crippen molar-refractivity contribution in [3.8, 4) is 11.5 Å². The standard InChI is InChI=1S/C20H25F2N3O4S.ClH/c1-24-9-4-10-25(12-11-24)18-13-15(7-8-19(18)28-2)23-30(26,27)17-6-3-5-16(14-17)29-20(21)22;/h3,5-8,13-14,20,23H,4,9-12H2,1-2H3;1H. The topological polar surface area (TPSA) is 71.1 Å². The Bertz CT molecular complexity index is 979. The molecule has 1 N–H and O–H groups in total. The number of hydrogen-bond acceptors (Lipinski definition) is 6. The van der Waals surface area contributed by atoms with Crippen molar-refractivity contribution in [2.45, 2.75) is 17.9 Å². The zero-order valence-corrected chi connectivity index (χ0v) is 18.9. The first-order valence-corrected chi connectivity index (χ1v) is 11.0. The fraction of sp³-hybridized carbons (Fsp3) is 0.400. The molecule has 31 heavy (non-hydrogen) atoms. The van der Waals surface area contributed by atoms with Crippen LogP contribution in [0.15, 0.2) is 47.4 Å². The van der Waals surface area contributed by atoms with Gasteiger partial charge < -0.3 is 19.3 Å². The van der Waals surface area contributed by atoms with Crippen molar-refractivity contribution in [1.82, 2.24) is 4.90 Å². The molecule has 1 saturated heterocycles. The zero-order valence-electron chi connectivity index (χ0n) is 17.3. The van der Waals surface area contributed by atoms with Crippen molar-refractivity contribution in [2.75, 3.05) is 50.0 Å². The first-order chi connectivity index (χ1) is 14.3. The number of rotatable bonds is 7. The first-order valence-electron chi connectivity index (χ1n) is 9.48. The van der Waals surface area contributed by atoms with Crippen LogP contribution in [0, 0.1) is 0 Å². The zero-order chi connectivity index (χ0) is 21.7. The van der Waals surface area contributed by atoms with Gasteiger partial charge in [-0.05, 0) is 50.3 Å². The number of likely N-dealkylation sites (N-methyl/N-ethyl adjacent to an activating group) is 1. The summed E-state index contributed by atoms with van der Waals surface area (Å²) in [4.78, 5) is 4.24. The summed E-state index contributed by atoms with van der Waals surface area (Å²) in [6, 6.07) is 10.0. The Hall–Kier alpha value is -2.30. The molecule has 1 heterocycles. The number of sulfonamides is 1. The molecule has 11 heteroatoms. The van der Waals surface area contributed by atoms with Crippen LogP contribution >= 0.6 is 12.4 Å². The molecule has 2 aromatic rings. The van der Waals surface area contributed by atoms with Gasteiger partial charge in [0.05, 0.1) is 23.4 Å². The lowest BCUT2D eigenvalue weighted by Gasteiger charge is -2.25. The summed E-state index contributed by atoms with van der Waals surface area (Å²) in [7, 11) is -0.360. The monoisotopic (exact) mass is 477 g/mol. The van der Waals surface area contributed by atoms with Gasteiger partial charge in [0.15, 0.2) is 0 Å². The number of nitrogens with one attached hydrogen (secondary N) is 1. The van der Waals surface area contributed by atoms with E-state index in [1.807, 2.05) is 0 Å². The van der Waals surface area contributed by atoms with Gasteiger partial charge in [-0.3, -0.25) is 4.72 Å². The van der Waals surface area contributed by atoms with Gasteiger partial charge in [0.2, 0.25) is 0 Å². The maximum atomic E-state index is 12.8. The van der Waals surface area contributed by atoms with E-state index < -0.39 is 16.6 Å². The lowest BCUT2D eigenvalue weighted by molar-refractivity contribution is -0.0499. The third-order valence-corrected chi connectivity index (χ3v) is 6.21. The molecule has 172 valence electrons. The molecule has 0 bridgehead atoms. The Morgan fingerprint density at radius 1 is 1.06 bits per heavy atom. The lowest BCUT2D eigenvalue weighted by Crippen LogP contribution is -2.29. The molecule has 0 atom stereocenters. The minimum atomic E-state index is -4.00. The molecule has 7 nitrogen and oxygen atoms in total. The second-order valence-corrected chi connectivity index (χ2v) is 8.67. The second kappa shape index (κ2) is 10.8. The molecular formula is C20H26ClF2N3O4S. The third-order valence-electron chi connectivity index (χ3n) is 4.83. The summed E-state index contributed by atoms with van der Waals surface area (Å²) in [6.45, 7) is 0.450. The van der Waals surface area contributed by atoms with Gasteiger partial charge in [-0.25, -0.2) is 8.42 Å². The molecule has 0 unspecified atom stereocenters. The summed E-state index contributed by atoms with van der Waals surface area (Å²) in [5.41, 5.74) is 1.14. The minimum Gasteiger partial charge on any atom is -0.495 e. The molecular weight excluding hydrogens is 452 g/mol. The predicted molar refractivity (Wildman–Crippen MR) is 118 cm³/mol. The Morgan fingerprint density at radius 2 is 1.84 bits per heavy atom. The number of benzene rings is 2. The molecule has 0 aromatic heterocycles. The Morgan fingerprint density at radius 3 is 2.55 bits per heavy atom. The second-order valence-electron chi connectivity index (χ2n) is 6.99. The number of anilines is 2. The van der Waals surface area contributed by atoms with Crippen LogP contribution in [0.4, 0.5) is 20.2 Å². The maximum Gasteiger partial charge on any atom is 0.387 e. The average Bonchev–Trinajstić information content (AvgIpc) is 2.92. The largest absolute Gasteiger partial charge is 0.495 e. The van der Waals surface area contributed by atoms with Crippen LogP contribution in [0.3, 0.4) is 0 Å². The van der Waals surface area contributed by atoms with Crippen LogP contribution in [0.2, 0.25) is 0 Å². The summed E-state index contributed by atoms with van der Waals surface area (Å²) < 4.78 is 62.7. The molecule has 0 aliphatic carbocycles. The molecule has 1 aliphatic rings. The van der Waals surface area contributed by atoms with E-state index >= 15 is 0 Å². The molecule has 0 amide bonds. The number of methoxy groups -OCH3 is 1. The van der Waals surface area contributed by atoms with Crippen LogP contribution in [-0.4, -0.2) is 60.3 Å². The fourth-order valence-electron chi connectivity index (χ4n) is 3.32. The highest BCUT2D eigenvalue weighted by Gasteiger charge is 2.20. The van der Waals surface area contributed by atoms with E-state index in [4.69, 9.17) is 4.74 Å². The summed E-state index contributed by atoms with van der Waals surface area (Å²) in [5, 5.41) is 0. The number of ether oxygens (including phenoxy) is 2. The highest BCUT2D eigenvalue weighted by Crippen LogP contribution is 2.33. The van der Waals surface area contributed by atoms with Gasteiger partial charge in [-0.1, -0.05) is 6.07 Å². The summed E-state index contributed by atoms with van der Waals surface area (Å²) in [6.07, 6.45) is 0.979. The molecule has 1 fully saturated rings. The van der Waals surface area contributed by atoms with Gasteiger partial charge in [0.1, 0.15) is 11.5 Å². The summed E-state index contributed by atoms with van der Waals surface area (Å²) >= 11 is 0. The van der Waals surface area contributed by atoms with E-state index in [9.17, 15) is 17.2 Å². The van der Waals surface area contributed by atoms with Crippen LogP contribution in [0.5, 0.6) is 11.5 Å². The Kier molecular flexibility index (Phi) is 8.72. The van der Waals surface area contributed by atoms with Crippen LogP contribution in [0.25, 0.3) is 0 Å². The van der Waals surface area contributed by atoms with Crippen molar-refractivity contribution in [3.63, 3.8) is 0 Å². The minimum absolute atomic E-state index is 0. The smallest absolute Gasteiger partial charge is 0.387 e. The molecule has 0 spiro atoms. The molecule has 0 radical (unpaired) electrons. The number of nitrogens with zero attached hydrogens (tertiary/aromatic N) is 2. The normalized spacial score (nSPS) is 15.2. The van der Waals surface area contributed by atoms with Gasteiger partial charge in [0.25, 0.3) is 10.0 Å². The van der Waals surface area contributed by atoms with Gasteiger partial charge >= 0.3 is 6.61 Å². The van der Waals surface area contributed by atoms with Crippen molar-refractivity contribution in [3.05, 3.63) is 42.5 Å². The highest BCUT2D eigenvalue weighted by atomic mass is 35.5. The van der Waals surface area contributed by atoms with Gasteiger partial charge in [0, 0.05) is 25.7 Å². The van der Waals surface area contributed by atoms with Gasteiger partial charge in [-0.2, -0.15) is 8.78 Å². The molecule has 3 rings (SSSR count). The average molecular weight is 478 g/mol. The van der Waals surface area contributed by atoms with Crippen molar-refractivity contribution < 1.29 is 26.7 Å². The number of halogens is 3. The SMILES string of the molecule is COc1ccc(NS(=O)(=O)c2cccc(OC(F)F)c2)cc1N1CCCN(C)CC1.Cl. The van der Waals surface area contributed by atoms with Crippen molar-refractivity contribution in [1.29, 1.82) is 0 Å². The van der Waals surface area contributed by atoms with E-state index in [2.05, 4.69) is 26.3 Å². The number of alkyl halides is 2. The Labute approximate surface area is 187 Å². The molecule has 0 saturated carbocycles. The highest BCUT2D eigenvalue weighted by molar-refractivity contribution is 7.92. The quantitative estimate of drug-likeness (QED) is 0.656. The first kappa shape index (κ1) is 25.0. The third kappa shape index (κ3) is 6.59. The van der Waals surface area contributed by atoms with Crippen LogP contribution in [-0.2, 0) is 10.0 Å². The Balaban J connectivity index is 0.00000341. The lowest BCUT2D eigenvalue weighted by atomic mass is 10.2. The number of hydrogen-bond donors (Lipinski definition) is 1.